The third-order valence-electron chi connectivity index (χ3n) is 3.32. The van der Waals surface area contributed by atoms with Gasteiger partial charge in [0, 0.05) is 6.04 Å². The second kappa shape index (κ2) is 7.47. The van der Waals surface area contributed by atoms with Crippen molar-refractivity contribution in [3.8, 4) is 5.75 Å². The molecule has 6 heteroatoms. The molecule has 0 fully saturated rings. The summed E-state index contributed by atoms with van der Waals surface area (Å²) in [6.07, 6.45) is 4.29. The first-order chi connectivity index (χ1) is 10.5. The molecule has 0 aliphatic heterocycles. The Morgan fingerprint density at radius 2 is 1.91 bits per heavy atom. The number of ether oxygens (including phenoxy) is 1. The fourth-order valence-corrected chi connectivity index (χ4v) is 3.53. The number of methoxy groups -OCH3 is 1. The van der Waals surface area contributed by atoms with Gasteiger partial charge in [-0.1, -0.05) is 12.1 Å². The van der Waals surface area contributed by atoms with Crippen molar-refractivity contribution in [1.82, 2.24) is 4.72 Å². The number of hydrogen-bond acceptors (Lipinski definition) is 4. The Balaban J connectivity index is 1.84. The molecule has 1 N–H and O–H groups in total. The third kappa shape index (κ3) is 5.20. The highest BCUT2D eigenvalue weighted by molar-refractivity contribution is 7.89. The molecular weight excluding hydrogens is 302 g/mol. The number of sulfonamides is 1. The van der Waals surface area contributed by atoms with Gasteiger partial charge < -0.3 is 9.15 Å². The fourth-order valence-electron chi connectivity index (χ4n) is 2.21. The highest BCUT2D eigenvalue weighted by Crippen LogP contribution is 2.12. The van der Waals surface area contributed by atoms with Gasteiger partial charge in [0.05, 0.1) is 25.4 Å². The molecule has 0 saturated heterocycles. The highest BCUT2D eigenvalue weighted by atomic mass is 32.2. The normalized spacial score (nSPS) is 13.0. The summed E-state index contributed by atoms with van der Waals surface area (Å²) < 4.78 is 37.0. The summed E-state index contributed by atoms with van der Waals surface area (Å²) in [4.78, 5) is 0. The second-order valence-corrected chi connectivity index (χ2v) is 7.15. The molecule has 2 rings (SSSR count). The quantitative estimate of drug-likeness (QED) is 0.810. The summed E-state index contributed by atoms with van der Waals surface area (Å²) in [5.41, 5.74) is 1.94. The van der Waals surface area contributed by atoms with Crippen molar-refractivity contribution in [2.24, 2.45) is 0 Å². The van der Waals surface area contributed by atoms with Crippen LogP contribution in [-0.2, 0) is 22.9 Å². The van der Waals surface area contributed by atoms with Gasteiger partial charge in [-0.3, -0.25) is 0 Å². The maximum Gasteiger partial charge on any atom is 0.212 e. The molecule has 0 aliphatic carbocycles. The van der Waals surface area contributed by atoms with Gasteiger partial charge in [-0.25, -0.2) is 13.1 Å². The van der Waals surface area contributed by atoms with E-state index in [1.807, 2.05) is 37.3 Å². The van der Waals surface area contributed by atoms with Crippen LogP contribution in [0.2, 0.25) is 0 Å². The summed E-state index contributed by atoms with van der Waals surface area (Å²) in [6, 6.07) is 9.08. The lowest BCUT2D eigenvalue weighted by molar-refractivity contribution is 0.414. The van der Waals surface area contributed by atoms with Crippen LogP contribution in [0.25, 0.3) is 0 Å². The van der Waals surface area contributed by atoms with Crippen LogP contribution < -0.4 is 9.46 Å². The molecule has 1 aromatic heterocycles. The number of rotatable bonds is 8. The first-order valence-corrected chi connectivity index (χ1v) is 8.78. The van der Waals surface area contributed by atoms with Gasteiger partial charge in [-0.05, 0) is 49.1 Å². The minimum atomic E-state index is -3.31. The van der Waals surface area contributed by atoms with E-state index in [0.717, 1.165) is 16.9 Å². The van der Waals surface area contributed by atoms with E-state index in [9.17, 15) is 8.42 Å². The van der Waals surface area contributed by atoms with Crippen LogP contribution in [0, 0.1) is 0 Å². The van der Waals surface area contributed by atoms with Crippen molar-refractivity contribution in [2.75, 3.05) is 12.9 Å². The Hall–Kier alpha value is -1.79. The van der Waals surface area contributed by atoms with Crippen molar-refractivity contribution in [3.05, 3.63) is 54.0 Å². The number of benzene rings is 1. The lowest BCUT2D eigenvalue weighted by Crippen LogP contribution is -2.36. The summed E-state index contributed by atoms with van der Waals surface area (Å²) in [5, 5.41) is 0. The molecular formula is C16H21NO4S. The number of furan rings is 1. The number of nitrogens with one attached hydrogen (secondary N) is 1. The van der Waals surface area contributed by atoms with Crippen LogP contribution >= 0.6 is 0 Å². The number of aryl methyl sites for hydroxylation is 1. The zero-order valence-corrected chi connectivity index (χ0v) is 13.6. The second-order valence-electron chi connectivity index (χ2n) is 5.27. The molecule has 0 aliphatic rings. The van der Waals surface area contributed by atoms with Crippen molar-refractivity contribution < 1.29 is 17.6 Å². The minimum absolute atomic E-state index is 0.0645. The van der Waals surface area contributed by atoms with Gasteiger partial charge in [0.15, 0.2) is 0 Å². The van der Waals surface area contributed by atoms with Gasteiger partial charge in [-0.15, -0.1) is 0 Å². The molecule has 0 amide bonds. The molecule has 0 bridgehead atoms. The molecule has 0 spiro atoms. The van der Waals surface area contributed by atoms with Gasteiger partial charge in [0.1, 0.15) is 5.75 Å². The van der Waals surface area contributed by atoms with E-state index in [-0.39, 0.29) is 11.8 Å². The molecule has 1 heterocycles. The molecule has 120 valence electrons. The smallest absolute Gasteiger partial charge is 0.212 e. The molecule has 0 unspecified atom stereocenters. The molecule has 2 aromatic rings. The lowest BCUT2D eigenvalue weighted by atomic mass is 10.1. The first kappa shape index (κ1) is 16.6. The fraction of sp³-hybridized carbons (Fsp3) is 0.375. The van der Waals surface area contributed by atoms with E-state index in [0.29, 0.717) is 12.8 Å². The van der Waals surface area contributed by atoms with Gasteiger partial charge in [0.2, 0.25) is 10.0 Å². The molecule has 1 atom stereocenters. The van der Waals surface area contributed by atoms with E-state index in [1.54, 1.807) is 19.6 Å². The van der Waals surface area contributed by atoms with Crippen molar-refractivity contribution >= 4 is 10.0 Å². The first-order valence-electron chi connectivity index (χ1n) is 7.12. The predicted octanol–water partition coefficient (Wildman–Crippen LogP) is 2.38. The Morgan fingerprint density at radius 1 is 1.18 bits per heavy atom. The van der Waals surface area contributed by atoms with Crippen LogP contribution in [-0.4, -0.2) is 27.3 Å². The van der Waals surface area contributed by atoms with E-state index < -0.39 is 10.0 Å². The van der Waals surface area contributed by atoms with Gasteiger partial charge in [0.25, 0.3) is 0 Å². The summed E-state index contributed by atoms with van der Waals surface area (Å²) in [5.74, 6) is 0.827. The standard InChI is InChI=1S/C16H21NO4S/c1-13(11-15-7-9-21-12-15)17-22(18,19)10-8-14-3-5-16(20-2)6-4-14/h3-7,9,12-13,17H,8,10-11H2,1-2H3/t13-/m1/s1. The predicted molar refractivity (Wildman–Crippen MR) is 85.5 cm³/mol. The van der Waals surface area contributed by atoms with Crippen LogP contribution in [0.4, 0.5) is 0 Å². The average Bonchev–Trinajstić information content (AvgIpc) is 2.98. The topological polar surface area (TPSA) is 68.5 Å². The van der Waals surface area contributed by atoms with Crippen LogP contribution in [0.15, 0.2) is 47.3 Å². The largest absolute Gasteiger partial charge is 0.497 e. The Morgan fingerprint density at radius 3 is 2.50 bits per heavy atom. The lowest BCUT2D eigenvalue weighted by Gasteiger charge is -2.13. The monoisotopic (exact) mass is 323 g/mol. The van der Waals surface area contributed by atoms with Crippen molar-refractivity contribution in [3.63, 3.8) is 0 Å². The third-order valence-corrected chi connectivity index (χ3v) is 4.82. The van der Waals surface area contributed by atoms with Crippen molar-refractivity contribution in [2.45, 2.75) is 25.8 Å². The molecule has 22 heavy (non-hydrogen) atoms. The molecule has 1 aromatic carbocycles. The molecule has 0 radical (unpaired) electrons. The molecule has 5 nitrogen and oxygen atoms in total. The van der Waals surface area contributed by atoms with E-state index in [1.165, 1.54) is 0 Å². The minimum Gasteiger partial charge on any atom is -0.497 e. The van der Waals surface area contributed by atoms with Crippen LogP contribution in [0.3, 0.4) is 0 Å². The number of hydrogen-bond donors (Lipinski definition) is 1. The summed E-state index contributed by atoms with van der Waals surface area (Å²) in [7, 11) is -1.71. The van der Waals surface area contributed by atoms with E-state index >= 15 is 0 Å². The highest BCUT2D eigenvalue weighted by Gasteiger charge is 2.15. The maximum absolute atomic E-state index is 12.1. The zero-order valence-electron chi connectivity index (χ0n) is 12.8. The Kier molecular flexibility index (Phi) is 5.63. The van der Waals surface area contributed by atoms with Crippen LogP contribution in [0.1, 0.15) is 18.1 Å². The summed E-state index contributed by atoms with van der Waals surface area (Å²) in [6.45, 7) is 1.85. The van der Waals surface area contributed by atoms with E-state index in [2.05, 4.69) is 4.72 Å². The maximum atomic E-state index is 12.1. The van der Waals surface area contributed by atoms with Gasteiger partial charge >= 0.3 is 0 Å². The SMILES string of the molecule is COc1ccc(CCS(=O)(=O)N[C@H](C)Cc2ccoc2)cc1. The average molecular weight is 323 g/mol. The zero-order chi connectivity index (χ0) is 16.0. The Labute approximate surface area is 131 Å². The summed E-state index contributed by atoms with van der Waals surface area (Å²) >= 11 is 0. The molecule has 0 saturated carbocycles. The Bertz CT molecular complexity index is 663. The van der Waals surface area contributed by atoms with Crippen LogP contribution in [0.5, 0.6) is 5.75 Å². The van der Waals surface area contributed by atoms with E-state index in [4.69, 9.17) is 9.15 Å². The van der Waals surface area contributed by atoms with Gasteiger partial charge in [-0.2, -0.15) is 0 Å². The van der Waals surface area contributed by atoms with Crippen molar-refractivity contribution in [1.29, 1.82) is 0 Å².